The van der Waals surface area contributed by atoms with Gasteiger partial charge in [-0.3, -0.25) is 0 Å². The van der Waals surface area contributed by atoms with Gasteiger partial charge in [0, 0.05) is 4.47 Å². The predicted octanol–water partition coefficient (Wildman–Crippen LogP) is 4.29. The molecule has 2 aromatic rings. The van der Waals surface area contributed by atoms with Crippen molar-refractivity contribution in [1.82, 2.24) is 0 Å². The first kappa shape index (κ1) is 13.2. The molecule has 0 aliphatic heterocycles. The standard InChI is InChI=1S/C15H14BrFO/c1-9-5-12(7-13(17)6-9)15(18)11-4-3-10(2)14(16)8-11/h3-8,15,18H,1-2H3. The molecular weight excluding hydrogens is 295 g/mol. The van der Waals surface area contributed by atoms with Gasteiger partial charge >= 0.3 is 0 Å². The molecule has 1 N–H and O–H groups in total. The van der Waals surface area contributed by atoms with Crippen LogP contribution in [0.1, 0.15) is 28.4 Å². The van der Waals surface area contributed by atoms with Gasteiger partial charge in [0.15, 0.2) is 0 Å². The van der Waals surface area contributed by atoms with E-state index in [1.807, 2.05) is 32.0 Å². The van der Waals surface area contributed by atoms with E-state index < -0.39 is 6.10 Å². The maximum Gasteiger partial charge on any atom is 0.123 e. The van der Waals surface area contributed by atoms with Crippen LogP contribution in [0, 0.1) is 19.7 Å². The van der Waals surface area contributed by atoms with Crippen LogP contribution >= 0.6 is 15.9 Å². The Balaban J connectivity index is 2.40. The van der Waals surface area contributed by atoms with Crippen LogP contribution in [0.4, 0.5) is 4.39 Å². The SMILES string of the molecule is Cc1cc(F)cc(C(O)c2ccc(C)c(Br)c2)c1. The summed E-state index contributed by atoms with van der Waals surface area (Å²) in [5, 5.41) is 10.3. The molecule has 2 aromatic carbocycles. The van der Waals surface area contributed by atoms with Crippen LogP contribution in [-0.2, 0) is 0 Å². The van der Waals surface area contributed by atoms with Crippen molar-refractivity contribution in [3.8, 4) is 0 Å². The van der Waals surface area contributed by atoms with E-state index >= 15 is 0 Å². The molecule has 0 saturated carbocycles. The molecular formula is C15H14BrFO. The molecule has 0 fully saturated rings. The van der Waals surface area contributed by atoms with Gasteiger partial charge in [0.2, 0.25) is 0 Å². The van der Waals surface area contributed by atoms with Crippen molar-refractivity contribution in [2.75, 3.05) is 0 Å². The van der Waals surface area contributed by atoms with Crippen molar-refractivity contribution in [2.45, 2.75) is 20.0 Å². The fourth-order valence-corrected chi connectivity index (χ4v) is 2.29. The second kappa shape index (κ2) is 5.21. The van der Waals surface area contributed by atoms with E-state index in [0.717, 1.165) is 21.2 Å². The molecule has 3 heteroatoms. The maximum atomic E-state index is 13.3. The zero-order valence-electron chi connectivity index (χ0n) is 10.2. The summed E-state index contributed by atoms with van der Waals surface area (Å²) in [6.07, 6.45) is -0.809. The first-order chi connectivity index (χ1) is 8.47. The Hall–Kier alpha value is -1.19. The molecule has 1 nitrogen and oxygen atoms in total. The predicted molar refractivity (Wildman–Crippen MR) is 74.1 cm³/mol. The molecule has 18 heavy (non-hydrogen) atoms. The summed E-state index contributed by atoms with van der Waals surface area (Å²) >= 11 is 3.43. The summed E-state index contributed by atoms with van der Waals surface area (Å²) in [5.41, 5.74) is 3.22. The number of hydrogen-bond donors (Lipinski definition) is 1. The molecule has 0 spiro atoms. The molecule has 1 atom stereocenters. The van der Waals surface area contributed by atoms with Crippen LogP contribution in [0.5, 0.6) is 0 Å². The molecule has 0 amide bonds. The molecule has 0 aromatic heterocycles. The summed E-state index contributed by atoms with van der Waals surface area (Å²) in [5.74, 6) is -0.324. The average Bonchev–Trinajstić information content (AvgIpc) is 2.30. The van der Waals surface area contributed by atoms with Gasteiger partial charge in [-0.1, -0.05) is 34.1 Å². The molecule has 0 heterocycles. The molecule has 0 aliphatic rings. The Bertz CT molecular complexity index is 560. The number of hydrogen-bond acceptors (Lipinski definition) is 1. The van der Waals surface area contributed by atoms with Gasteiger partial charge in [0.05, 0.1) is 0 Å². The summed E-state index contributed by atoms with van der Waals surface area (Å²) in [6, 6.07) is 10.2. The van der Waals surface area contributed by atoms with Gasteiger partial charge in [-0.25, -0.2) is 4.39 Å². The van der Waals surface area contributed by atoms with Crippen molar-refractivity contribution in [3.63, 3.8) is 0 Å². The Morgan fingerprint density at radius 3 is 2.39 bits per heavy atom. The Labute approximate surface area is 114 Å². The highest BCUT2D eigenvalue weighted by Crippen LogP contribution is 2.27. The van der Waals surface area contributed by atoms with Crippen LogP contribution in [0.2, 0.25) is 0 Å². The molecule has 1 unspecified atom stereocenters. The minimum atomic E-state index is -0.809. The lowest BCUT2D eigenvalue weighted by Gasteiger charge is -2.13. The Morgan fingerprint density at radius 2 is 1.78 bits per heavy atom. The van der Waals surface area contributed by atoms with Gasteiger partial charge in [-0.15, -0.1) is 0 Å². The largest absolute Gasteiger partial charge is 0.384 e. The first-order valence-electron chi connectivity index (χ1n) is 5.68. The van der Waals surface area contributed by atoms with Crippen LogP contribution < -0.4 is 0 Å². The van der Waals surface area contributed by atoms with Crippen molar-refractivity contribution < 1.29 is 9.50 Å². The van der Waals surface area contributed by atoms with E-state index in [9.17, 15) is 9.50 Å². The Morgan fingerprint density at radius 1 is 1.06 bits per heavy atom. The number of rotatable bonds is 2. The smallest absolute Gasteiger partial charge is 0.123 e. The van der Waals surface area contributed by atoms with Gasteiger partial charge < -0.3 is 5.11 Å². The number of benzene rings is 2. The highest BCUT2D eigenvalue weighted by atomic mass is 79.9. The second-order valence-corrected chi connectivity index (χ2v) is 5.33. The van der Waals surface area contributed by atoms with Gasteiger partial charge in [-0.05, 0) is 54.3 Å². The topological polar surface area (TPSA) is 20.2 Å². The van der Waals surface area contributed by atoms with Crippen LogP contribution in [-0.4, -0.2) is 5.11 Å². The molecule has 0 radical (unpaired) electrons. The van der Waals surface area contributed by atoms with E-state index in [0.29, 0.717) is 5.56 Å². The third-order valence-electron chi connectivity index (χ3n) is 2.89. The van der Waals surface area contributed by atoms with E-state index in [1.165, 1.54) is 12.1 Å². The number of halogens is 2. The summed E-state index contributed by atoms with van der Waals surface area (Å²) in [4.78, 5) is 0. The fraction of sp³-hybridized carbons (Fsp3) is 0.200. The lowest BCUT2D eigenvalue weighted by Crippen LogP contribution is -2.01. The quantitative estimate of drug-likeness (QED) is 0.877. The lowest BCUT2D eigenvalue weighted by atomic mass is 9.99. The fourth-order valence-electron chi connectivity index (χ4n) is 1.89. The minimum absolute atomic E-state index is 0.324. The van der Waals surface area contributed by atoms with E-state index in [4.69, 9.17) is 0 Å². The van der Waals surface area contributed by atoms with Gasteiger partial charge in [0.1, 0.15) is 11.9 Å². The van der Waals surface area contributed by atoms with Crippen LogP contribution in [0.15, 0.2) is 40.9 Å². The van der Waals surface area contributed by atoms with Crippen molar-refractivity contribution in [2.24, 2.45) is 0 Å². The number of aliphatic hydroxyl groups is 1. The zero-order valence-corrected chi connectivity index (χ0v) is 11.8. The monoisotopic (exact) mass is 308 g/mol. The molecule has 0 aliphatic carbocycles. The van der Waals surface area contributed by atoms with Crippen LogP contribution in [0.3, 0.4) is 0 Å². The van der Waals surface area contributed by atoms with Crippen LogP contribution in [0.25, 0.3) is 0 Å². The molecule has 0 bridgehead atoms. The highest BCUT2D eigenvalue weighted by Gasteiger charge is 2.12. The number of aliphatic hydroxyl groups excluding tert-OH is 1. The lowest BCUT2D eigenvalue weighted by molar-refractivity contribution is 0.219. The van der Waals surface area contributed by atoms with E-state index in [-0.39, 0.29) is 5.82 Å². The van der Waals surface area contributed by atoms with Crippen molar-refractivity contribution in [1.29, 1.82) is 0 Å². The molecule has 94 valence electrons. The average molecular weight is 309 g/mol. The third-order valence-corrected chi connectivity index (χ3v) is 3.75. The Kier molecular flexibility index (Phi) is 3.83. The third kappa shape index (κ3) is 2.79. The zero-order chi connectivity index (χ0) is 13.3. The van der Waals surface area contributed by atoms with Crippen molar-refractivity contribution >= 4 is 15.9 Å². The first-order valence-corrected chi connectivity index (χ1v) is 6.48. The normalized spacial score (nSPS) is 12.5. The number of aryl methyl sites for hydroxylation is 2. The summed E-state index contributed by atoms with van der Waals surface area (Å²) in [7, 11) is 0. The summed E-state index contributed by atoms with van der Waals surface area (Å²) in [6.45, 7) is 3.79. The second-order valence-electron chi connectivity index (χ2n) is 4.47. The highest BCUT2D eigenvalue weighted by molar-refractivity contribution is 9.10. The van der Waals surface area contributed by atoms with E-state index in [1.54, 1.807) is 6.07 Å². The molecule has 2 rings (SSSR count). The molecule has 0 saturated heterocycles. The van der Waals surface area contributed by atoms with E-state index in [2.05, 4.69) is 15.9 Å². The van der Waals surface area contributed by atoms with Gasteiger partial charge in [-0.2, -0.15) is 0 Å². The minimum Gasteiger partial charge on any atom is -0.384 e. The van der Waals surface area contributed by atoms with Gasteiger partial charge in [0.25, 0.3) is 0 Å². The van der Waals surface area contributed by atoms with Crippen molar-refractivity contribution in [3.05, 3.63) is 68.9 Å². The summed E-state index contributed by atoms with van der Waals surface area (Å²) < 4.78 is 14.3. The maximum absolute atomic E-state index is 13.3.